The Morgan fingerprint density at radius 2 is 2.10 bits per heavy atom. The highest BCUT2D eigenvalue weighted by molar-refractivity contribution is 5.98. The second kappa shape index (κ2) is 5.56. The fourth-order valence-corrected chi connectivity index (χ4v) is 1.99. The third-order valence-corrected chi connectivity index (χ3v) is 2.97. The van der Waals surface area contributed by atoms with Gasteiger partial charge in [-0.05, 0) is 25.1 Å². The second-order valence-corrected chi connectivity index (χ2v) is 4.47. The summed E-state index contributed by atoms with van der Waals surface area (Å²) in [5.74, 6) is 0.216. The molecule has 0 unspecified atom stereocenters. The minimum Gasteiger partial charge on any atom is -0.467 e. The Morgan fingerprint density at radius 3 is 2.70 bits per heavy atom. The molecular weight excluding hydrogens is 260 g/mol. The molecule has 1 aromatic heterocycles. The summed E-state index contributed by atoms with van der Waals surface area (Å²) in [5.41, 5.74) is 0.403. The van der Waals surface area contributed by atoms with Gasteiger partial charge in [-0.15, -0.1) is 0 Å². The predicted molar refractivity (Wildman–Crippen MR) is 72.3 cm³/mol. The lowest BCUT2D eigenvalue weighted by molar-refractivity contribution is -0.385. The van der Waals surface area contributed by atoms with E-state index in [4.69, 9.17) is 4.42 Å². The van der Waals surface area contributed by atoms with Crippen LogP contribution < -0.4 is 0 Å². The Labute approximate surface area is 115 Å². The van der Waals surface area contributed by atoms with Crippen molar-refractivity contribution in [2.75, 3.05) is 7.05 Å². The summed E-state index contributed by atoms with van der Waals surface area (Å²) in [6, 6.07) is 8.18. The maximum absolute atomic E-state index is 12.3. The fraction of sp³-hybridized carbons (Fsp3) is 0.214. The zero-order valence-corrected chi connectivity index (χ0v) is 11.2. The van der Waals surface area contributed by atoms with Crippen molar-refractivity contribution in [3.63, 3.8) is 0 Å². The summed E-state index contributed by atoms with van der Waals surface area (Å²) in [6.45, 7) is 1.87. The summed E-state index contributed by atoms with van der Waals surface area (Å²) in [6.07, 6.45) is 1.52. The lowest BCUT2D eigenvalue weighted by Gasteiger charge is -2.16. The maximum Gasteiger partial charge on any atom is 0.285 e. The van der Waals surface area contributed by atoms with Gasteiger partial charge in [-0.3, -0.25) is 14.9 Å². The Kier molecular flexibility index (Phi) is 3.84. The highest BCUT2D eigenvalue weighted by atomic mass is 16.6. The minimum absolute atomic E-state index is 0.0871. The van der Waals surface area contributed by atoms with Crippen LogP contribution in [-0.4, -0.2) is 22.8 Å². The predicted octanol–water partition coefficient (Wildman–Crippen LogP) is 2.77. The molecule has 6 nitrogen and oxygen atoms in total. The number of hydrogen-bond donors (Lipinski definition) is 0. The number of furan rings is 1. The molecule has 0 atom stereocenters. The van der Waals surface area contributed by atoms with Crippen LogP contribution in [0.2, 0.25) is 0 Å². The monoisotopic (exact) mass is 274 g/mol. The number of amides is 1. The zero-order chi connectivity index (χ0) is 14.7. The zero-order valence-electron chi connectivity index (χ0n) is 11.2. The van der Waals surface area contributed by atoms with E-state index in [1.54, 1.807) is 38.2 Å². The highest BCUT2D eigenvalue weighted by Crippen LogP contribution is 2.24. The first kappa shape index (κ1) is 13.8. The highest BCUT2D eigenvalue weighted by Gasteiger charge is 2.24. The molecule has 0 saturated heterocycles. The van der Waals surface area contributed by atoms with E-state index in [9.17, 15) is 14.9 Å². The standard InChI is InChI=1S/C14H14N2O4/c1-10-5-3-7-12(13(10)16(18)19)14(17)15(2)9-11-6-4-8-20-11/h3-8H,9H2,1-2H3. The Bertz CT molecular complexity index is 635. The Balaban J connectivity index is 2.29. The molecule has 0 radical (unpaired) electrons. The quantitative estimate of drug-likeness (QED) is 0.634. The summed E-state index contributed by atoms with van der Waals surface area (Å²) < 4.78 is 5.16. The lowest BCUT2D eigenvalue weighted by atomic mass is 10.1. The number of nitrogens with zero attached hydrogens (tertiary/aromatic N) is 2. The van der Waals surface area contributed by atoms with Crippen LogP contribution in [0.4, 0.5) is 5.69 Å². The van der Waals surface area contributed by atoms with Crippen molar-refractivity contribution in [1.82, 2.24) is 4.90 Å². The van der Waals surface area contributed by atoms with Gasteiger partial charge in [0.05, 0.1) is 17.7 Å². The van der Waals surface area contributed by atoms with Crippen molar-refractivity contribution < 1.29 is 14.1 Å². The van der Waals surface area contributed by atoms with Gasteiger partial charge >= 0.3 is 0 Å². The number of nitro benzene ring substituents is 1. The molecule has 2 aromatic rings. The van der Waals surface area contributed by atoms with Gasteiger partial charge in [0.1, 0.15) is 11.3 Å². The van der Waals surface area contributed by atoms with Crippen LogP contribution in [0.1, 0.15) is 21.7 Å². The fourth-order valence-electron chi connectivity index (χ4n) is 1.99. The Hall–Kier alpha value is -2.63. The van der Waals surface area contributed by atoms with Crippen LogP contribution in [0.15, 0.2) is 41.0 Å². The van der Waals surface area contributed by atoms with Crippen molar-refractivity contribution in [2.45, 2.75) is 13.5 Å². The number of carbonyl (C=O) groups is 1. The third kappa shape index (κ3) is 2.69. The van der Waals surface area contributed by atoms with E-state index >= 15 is 0 Å². The SMILES string of the molecule is Cc1cccc(C(=O)N(C)Cc2ccco2)c1[N+](=O)[O-]. The van der Waals surface area contributed by atoms with E-state index in [-0.39, 0.29) is 17.8 Å². The molecular formula is C14H14N2O4. The molecule has 0 saturated carbocycles. The second-order valence-electron chi connectivity index (χ2n) is 4.47. The van der Waals surface area contributed by atoms with Crippen LogP contribution in [0.3, 0.4) is 0 Å². The number of benzene rings is 1. The molecule has 2 rings (SSSR count). The first-order valence-corrected chi connectivity index (χ1v) is 6.02. The van der Waals surface area contributed by atoms with Crippen LogP contribution in [0.25, 0.3) is 0 Å². The average Bonchev–Trinajstić information content (AvgIpc) is 2.89. The molecule has 20 heavy (non-hydrogen) atoms. The van der Waals surface area contributed by atoms with Gasteiger partial charge in [-0.1, -0.05) is 12.1 Å². The van der Waals surface area contributed by atoms with E-state index in [0.717, 1.165) is 0 Å². The number of aryl methyl sites for hydroxylation is 1. The first-order valence-electron chi connectivity index (χ1n) is 6.02. The molecule has 1 aromatic carbocycles. The molecule has 104 valence electrons. The molecule has 0 spiro atoms. The molecule has 0 aliphatic heterocycles. The Morgan fingerprint density at radius 1 is 1.35 bits per heavy atom. The van der Waals surface area contributed by atoms with E-state index in [0.29, 0.717) is 11.3 Å². The maximum atomic E-state index is 12.3. The van der Waals surface area contributed by atoms with Gasteiger partial charge in [-0.25, -0.2) is 0 Å². The van der Waals surface area contributed by atoms with E-state index in [1.165, 1.54) is 17.2 Å². The van der Waals surface area contributed by atoms with E-state index in [2.05, 4.69) is 0 Å². The number of rotatable bonds is 4. The molecule has 1 heterocycles. The number of nitro groups is 1. The van der Waals surface area contributed by atoms with Gasteiger partial charge in [-0.2, -0.15) is 0 Å². The molecule has 1 amide bonds. The van der Waals surface area contributed by atoms with Crippen molar-refractivity contribution >= 4 is 11.6 Å². The lowest BCUT2D eigenvalue weighted by Crippen LogP contribution is -2.26. The molecule has 6 heteroatoms. The minimum atomic E-state index is -0.525. The van der Waals surface area contributed by atoms with Crippen molar-refractivity contribution in [2.24, 2.45) is 0 Å². The van der Waals surface area contributed by atoms with Gasteiger partial charge in [0.15, 0.2) is 0 Å². The van der Waals surface area contributed by atoms with Gasteiger partial charge < -0.3 is 9.32 Å². The first-order chi connectivity index (χ1) is 9.50. The van der Waals surface area contributed by atoms with E-state index < -0.39 is 10.8 Å². The smallest absolute Gasteiger partial charge is 0.285 e. The largest absolute Gasteiger partial charge is 0.467 e. The normalized spacial score (nSPS) is 10.3. The number of hydrogen-bond acceptors (Lipinski definition) is 4. The van der Waals surface area contributed by atoms with Crippen LogP contribution >= 0.6 is 0 Å². The summed E-state index contributed by atoms with van der Waals surface area (Å²) in [7, 11) is 1.58. The summed E-state index contributed by atoms with van der Waals surface area (Å²) >= 11 is 0. The molecule has 0 aliphatic carbocycles. The van der Waals surface area contributed by atoms with Crippen molar-refractivity contribution in [1.29, 1.82) is 0 Å². The van der Waals surface area contributed by atoms with Crippen LogP contribution in [0, 0.1) is 17.0 Å². The molecule has 0 aliphatic rings. The average molecular weight is 274 g/mol. The van der Waals surface area contributed by atoms with Crippen LogP contribution in [-0.2, 0) is 6.54 Å². The number of para-hydroxylation sites is 1. The topological polar surface area (TPSA) is 76.6 Å². The summed E-state index contributed by atoms with van der Waals surface area (Å²) in [5, 5.41) is 11.1. The third-order valence-electron chi connectivity index (χ3n) is 2.97. The van der Waals surface area contributed by atoms with Gasteiger partial charge in [0.2, 0.25) is 0 Å². The van der Waals surface area contributed by atoms with Gasteiger partial charge in [0.25, 0.3) is 11.6 Å². The van der Waals surface area contributed by atoms with Gasteiger partial charge in [0, 0.05) is 12.6 Å². The van der Waals surface area contributed by atoms with Crippen molar-refractivity contribution in [3.05, 3.63) is 63.6 Å². The molecule has 0 N–H and O–H groups in total. The molecule has 0 fully saturated rings. The van der Waals surface area contributed by atoms with Crippen molar-refractivity contribution in [3.8, 4) is 0 Å². The summed E-state index contributed by atoms with van der Waals surface area (Å²) in [4.78, 5) is 24.3. The van der Waals surface area contributed by atoms with E-state index in [1.807, 2.05) is 0 Å². The molecule has 0 bridgehead atoms. The van der Waals surface area contributed by atoms with Crippen LogP contribution in [0.5, 0.6) is 0 Å². The number of carbonyl (C=O) groups excluding carboxylic acids is 1.